The minimum atomic E-state index is 0.311. The molecule has 0 bridgehead atoms. The lowest BCUT2D eigenvalue weighted by Gasteiger charge is -1.98. The monoisotopic (exact) mass is 150 g/mol. The third-order valence-electron chi connectivity index (χ3n) is 1.54. The van der Waals surface area contributed by atoms with Gasteiger partial charge in [-0.05, 0) is 25.3 Å². The molecule has 0 aromatic heterocycles. The Morgan fingerprint density at radius 1 is 1.73 bits per heavy atom. The average Bonchev–Trinajstić information content (AvgIpc) is 2.04. The summed E-state index contributed by atoms with van der Waals surface area (Å²) < 4.78 is 0. The second-order valence-corrected chi connectivity index (χ2v) is 2.71. The fourth-order valence-corrected chi connectivity index (χ4v) is 0.692. The van der Waals surface area contributed by atoms with Gasteiger partial charge in [0.15, 0.2) is 0 Å². The van der Waals surface area contributed by atoms with Gasteiger partial charge in [-0.15, -0.1) is 12.3 Å². The number of carbonyl (C=O) groups excluding carboxylic acids is 1. The van der Waals surface area contributed by atoms with Gasteiger partial charge in [0.1, 0.15) is 6.29 Å². The molecule has 60 valence electrons. The minimum absolute atomic E-state index is 0.311. The third kappa shape index (κ3) is 5.42. The van der Waals surface area contributed by atoms with Crippen molar-refractivity contribution in [2.75, 3.05) is 0 Å². The molecule has 0 saturated carbocycles. The zero-order valence-electron chi connectivity index (χ0n) is 7.13. The zero-order valence-corrected chi connectivity index (χ0v) is 7.13. The summed E-state index contributed by atoms with van der Waals surface area (Å²) in [6.07, 6.45) is 9.82. The Labute approximate surface area is 68.5 Å². The van der Waals surface area contributed by atoms with Crippen LogP contribution in [0.15, 0.2) is 11.6 Å². The average molecular weight is 150 g/mol. The van der Waals surface area contributed by atoms with E-state index >= 15 is 0 Å². The van der Waals surface area contributed by atoms with Gasteiger partial charge in [-0.1, -0.05) is 13.0 Å². The predicted octanol–water partition coefficient (Wildman–Crippen LogP) is 2.18. The van der Waals surface area contributed by atoms with Gasteiger partial charge in [-0.3, -0.25) is 4.79 Å². The van der Waals surface area contributed by atoms with Crippen LogP contribution in [0.2, 0.25) is 0 Å². The fourth-order valence-electron chi connectivity index (χ4n) is 0.692. The second kappa shape index (κ2) is 5.73. The summed E-state index contributed by atoms with van der Waals surface area (Å²) in [5, 5.41) is 0. The summed E-state index contributed by atoms with van der Waals surface area (Å²) in [7, 11) is 0. The molecule has 0 aliphatic heterocycles. The molecule has 0 spiro atoms. The van der Waals surface area contributed by atoms with Crippen molar-refractivity contribution in [2.24, 2.45) is 5.92 Å². The van der Waals surface area contributed by atoms with E-state index in [0.717, 1.165) is 24.7 Å². The van der Waals surface area contributed by atoms with Crippen molar-refractivity contribution in [3.63, 3.8) is 0 Å². The van der Waals surface area contributed by atoms with Crippen LogP contribution in [0.25, 0.3) is 0 Å². The van der Waals surface area contributed by atoms with E-state index in [1.165, 1.54) is 0 Å². The second-order valence-electron chi connectivity index (χ2n) is 2.71. The number of rotatable bonds is 4. The summed E-state index contributed by atoms with van der Waals surface area (Å²) in [5.74, 6) is 2.95. The Morgan fingerprint density at radius 2 is 2.36 bits per heavy atom. The predicted molar refractivity (Wildman–Crippen MR) is 47.1 cm³/mol. The van der Waals surface area contributed by atoms with Crippen LogP contribution in [0.5, 0.6) is 0 Å². The standard InChI is InChI=1S/C10H14O/c1-4-9(2)6-5-7-10(3)8-11/h1,7-9H,5-6H2,2-3H3/b10-7+. The first kappa shape index (κ1) is 9.97. The number of terminal acetylenes is 1. The summed E-state index contributed by atoms with van der Waals surface area (Å²) in [6, 6.07) is 0. The van der Waals surface area contributed by atoms with E-state index in [4.69, 9.17) is 6.42 Å². The van der Waals surface area contributed by atoms with Crippen molar-refractivity contribution in [3.8, 4) is 12.3 Å². The topological polar surface area (TPSA) is 17.1 Å². The molecule has 1 atom stereocenters. The Hall–Kier alpha value is -1.03. The third-order valence-corrected chi connectivity index (χ3v) is 1.54. The van der Waals surface area contributed by atoms with Gasteiger partial charge in [0, 0.05) is 5.92 Å². The minimum Gasteiger partial charge on any atom is -0.298 e. The van der Waals surface area contributed by atoms with Gasteiger partial charge in [-0.25, -0.2) is 0 Å². The molecule has 1 heteroatoms. The molecule has 0 N–H and O–H groups in total. The lowest BCUT2D eigenvalue weighted by atomic mass is 10.1. The number of aldehydes is 1. The molecule has 0 aliphatic carbocycles. The molecule has 0 aliphatic rings. The SMILES string of the molecule is C#CC(C)CC/C=C(\C)C=O. The molecule has 1 unspecified atom stereocenters. The summed E-state index contributed by atoms with van der Waals surface area (Å²) >= 11 is 0. The number of hydrogen-bond donors (Lipinski definition) is 0. The maximum atomic E-state index is 10.1. The zero-order chi connectivity index (χ0) is 8.69. The van der Waals surface area contributed by atoms with Gasteiger partial charge in [0.2, 0.25) is 0 Å². The molecule has 0 aromatic carbocycles. The highest BCUT2D eigenvalue weighted by Crippen LogP contribution is 2.05. The van der Waals surface area contributed by atoms with E-state index in [1.54, 1.807) is 6.92 Å². The van der Waals surface area contributed by atoms with E-state index in [2.05, 4.69) is 5.92 Å². The first-order valence-corrected chi connectivity index (χ1v) is 3.78. The van der Waals surface area contributed by atoms with Gasteiger partial charge in [0.25, 0.3) is 0 Å². The highest BCUT2D eigenvalue weighted by molar-refractivity contribution is 5.71. The number of allylic oxidation sites excluding steroid dienone is 2. The Balaban J connectivity index is 3.58. The van der Waals surface area contributed by atoms with Crippen molar-refractivity contribution in [1.82, 2.24) is 0 Å². The van der Waals surface area contributed by atoms with Gasteiger partial charge >= 0.3 is 0 Å². The molecule has 0 amide bonds. The van der Waals surface area contributed by atoms with Crippen LogP contribution >= 0.6 is 0 Å². The van der Waals surface area contributed by atoms with Crippen molar-refractivity contribution in [1.29, 1.82) is 0 Å². The normalized spacial score (nSPS) is 13.7. The Bertz CT molecular complexity index is 184. The highest BCUT2D eigenvalue weighted by atomic mass is 16.1. The Kier molecular flexibility index (Phi) is 5.20. The highest BCUT2D eigenvalue weighted by Gasteiger charge is 1.93. The smallest absolute Gasteiger partial charge is 0.145 e. The number of hydrogen-bond acceptors (Lipinski definition) is 1. The van der Waals surface area contributed by atoms with Crippen LogP contribution in [0.1, 0.15) is 26.7 Å². The molecular formula is C10H14O. The molecule has 1 nitrogen and oxygen atoms in total. The van der Waals surface area contributed by atoms with Crippen molar-refractivity contribution in [3.05, 3.63) is 11.6 Å². The molecule has 0 fully saturated rings. The molecule has 0 rings (SSSR count). The molecule has 0 heterocycles. The first-order valence-electron chi connectivity index (χ1n) is 3.78. The Morgan fingerprint density at radius 3 is 2.82 bits per heavy atom. The molecule has 0 aromatic rings. The van der Waals surface area contributed by atoms with Gasteiger partial charge in [0.05, 0.1) is 0 Å². The summed E-state index contributed by atoms with van der Waals surface area (Å²) in [5.41, 5.74) is 0.786. The summed E-state index contributed by atoms with van der Waals surface area (Å²) in [6.45, 7) is 3.80. The summed E-state index contributed by atoms with van der Waals surface area (Å²) in [4.78, 5) is 10.1. The van der Waals surface area contributed by atoms with E-state index < -0.39 is 0 Å². The van der Waals surface area contributed by atoms with Crippen LogP contribution in [0.3, 0.4) is 0 Å². The van der Waals surface area contributed by atoms with Crippen LogP contribution < -0.4 is 0 Å². The van der Waals surface area contributed by atoms with E-state index in [0.29, 0.717) is 5.92 Å². The van der Waals surface area contributed by atoms with Crippen molar-refractivity contribution >= 4 is 6.29 Å². The molecule has 11 heavy (non-hydrogen) atoms. The fraction of sp³-hybridized carbons (Fsp3) is 0.500. The van der Waals surface area contributed by atoms with Crippen molar-refractivity contribution in [2.45, 2.75) is 26.7 Å². The lowest BCUT2D eigenvalue weighted by Crippen LogP contribution is -1.88. The van der Waals surface area contributed by atoms with Crippen molar-refractivity contribution < 1.29 is 4.79 Å². The van der Waals surface area contributed by atoms with E-state index in [1.807, 2.05) is 13.0 Å². The van der Waals surface area contributed by atoms with E-state index in [9.17, 15) is 4.79 Å². The quantitative estimate of drug-likeness (QED) is 0.341. The van der Waals surface area contributed by atoms with Crippen LogP contribution in [-0.4, -0.2) is 6.29 Å². The van der Waals surface area contributed by atoms with Gasteiger partial charge in [-0.2, -0.15) is 0 Å². The van der Waals surface area contributed by atoms with E-state index in [-0.39, 0.29) is 0 Å². The molecule has 0 saturated heterocycles. The van der Waals surface area contributed by atoms with Gasteiger partial charge < -0.3 is 0 Å². The first-order chi connectivity index (χ1) is 5.20. The lowest BCUT2D eigenvalue weighted by molar-refractivity contribution is -0.104. The number of carbonyl (C=O) groups is 1. The molecule has 0 radical (unpaired) electrons. The van der Waals surface area contributed by atoms with Crippen LogP contribution in [0.4, 0.5) is 0 Å². The van der Waals surface area contributed by atoms with Crippen LogP contribution in [0, 0.1) is 18.3 Å². The van der Waals surface area contributed by atoms with Crippen LogP contribution in [-0.2, 0) is 4.79 Å². The largest absolute Gasteiger partial charge is 0.298 e. The maximum Gasteiger partial charge on any atom is 0.145 e. The molecular weight excluding hydrogens is 136 g/mol. The maximum absolute atomic E-state index is 10.1.